The largest absolute Gasteiger partial charge is 0.478 e. The van der Waals surface area contributed by atoms with Crippen LogP contribution in [0.25, 0.3) is 0 Å². The summed E-state index contributed by atoms with van der Waals surface area (Å²) in [6.45, 7) is 2.61. The Kier molecular flexibility index (Phi) is 4.30. The number of hydrogen-bond acceptors (Lipinski definition) is 4. The Bertz CT molecular complexity index is 421. The molecule has 1 unspecified atom stereocenters. The molecule has 98 valence electrons. The molecule has 1 heterocycles. The van der Waals surface area contributed by atoms with E-state index in [1.165, 1.54) is 0 Å². The highest BCUT2D eigenvalue weighted by atomic mass is 16.5. The third kappa shape index (κ3) is 3.07. The molecule has 5 nitrogen and oxygen atoms in total. The van der Waals surface area contributed by atoms with Crippen LogP contribution in [0.5, 0.6) is 0 Å². The van der Waals surface area contributed by atoms with Gasteiger partial charge in [-0.25, -0.2) is 4.79 Å². The summed E-state index contributed by atoms with van der Waals surface area (Å²) in [6, 6.07) is 6.89. The highest BCUT2D eigenvalue weighted by Gasteiger charge is 2.22. The number of aromatic carboxylic acids is 1. The minimum Gasteiger partial charge on any atom is -0.478 e. The Hall–Kier alpha value is -1.43. The summed E-state index contributed by atoms with van der Waals surface area (Å²) in [5.41, 5.74) is 1.23. The van der Waals surface area contributed by atoms with Gasteiger partial charge in [0, 0.05) is 13.1 Å². The lowest BCUT2D eigenvalue weighted by atomic mass is 10.1. The van der Waals surface area contributed by atoms with E-state index in [1.54, 1.807) is 18.2 Å². The third-order valence-corrected chi connectivity index (χ3v) is 3.12. The fraction of sp³-hybridized carbons (Fsp3) is 0.462. The molecule has 0 spiro atoms. The zero-order valence-electron chi connectivity index (χ0n) is 10.1. The molecule has 0 saturated carbocycles. The number of carbonyl (C=O) groups is 1. The van der Waals surface area contributed by atoms with Crippen LogP contribution >= 0.6 is 0 Å². The highest BCUT2D eigenvalue weighted by molar-refractivity contribution is 5.87. The van der Waals surface area contributed by atoms with Crippen molar-refractivity contribution >= 4 is 5.97 Å². The van der Waals surface area contributed by atoms with E-state index in [0.717, 1.165) is 12.1 Å². The van der Waals surface area contributed by atoms with Crippen molar-refractivity contribution < 1.29 is 19.7 Å². The normalized spacial score (nSPS) is 20.8. The first kappa shape index (κ1) is 13.0. The zero-order valence-corrected chi connectivity index (χ0v) is 10.1. The lowest BCUT2D eigenvalue weighted by Gasteiger charge is -2.34. The molecular weight excluding hydrogens is 234 g/mol. The molecule has 1 aliphatic heterocycles. The van der Waals surface area contributed by atoms with E-state index in [0.29, 0.717) is 25.3 Å². The summed E-state index contributed by atoms with van der Waals surface area (Å²) in [6.07, 6.45) is 0. The van der Waals surface area contributed by atoms with Crippen LogP contribution in [0.2, 0.25) is 0 Å². The van der Waals surface area contributed by atoms with Crippen LogP contribution in [0.15, 0.2) is 24.3 Å². The highest BCUT2D eigenvalue weighted by Crippen LogP contribution is 2.13. The second-order valence-electron chi connectivity index (χ2n) is 4.39. The van der Waals surface area contributed by atoms with Crippen LogP contribution in [-0.2, 0) is 11.3 Å². The van der Waals surface area contributed by atoms with Gasteiger partial charge in [-0.1, -0.05) is 12.1 Å². The molecule has 0 aromatic heterocycles. The number of aliphatic hydroxyl groups is 1. The van der Waals surface area contributed by atoms with Gasteiger partial charge in [0.1, 0.15) is 0 Å². The number of hydrogen-bond donors (Lipinski definition) is 2. The van der Waals surface area contributed by atoms with Crippen molar-refractivity contribution in [1.29, 1.82) is 0 Å². The topological polar surface area (TPSA) is 70.0 Å². The Morgan fingerprint density at radius 2 is 2.33 bits per heavy atom. The summed E-state index contributed by atoms with van der Waals surface area (Å²) in [4.78, 5) is 13.0. The lowest BCUT2D eigenvalue weighted by molar-refractivity contribution is -0.0312. The van der Waals surface area contributed by atoms with Gasteiger partial charge in [-0.2, -0.15) is 0 Å². The van der Waals surface area contributed by atoms with Gasteiger partial charge in [0.05, 0.1) is 31.4 Å². The van der Waals surface area contributed by atoms with Crippen LogP contribution in [0.1, 0.15) is 15.9 Å². The number of carboxylic acids is 1. The number of rotatable bonds is 4. The quantitative estimate of drug-likeness (QED) is 0.819. The third-order valence-electron chi connectivity index (χ3n) is 3.12. The molecule has 0 amide bonds. The summed E-state index contributed by atoms with van der Waals surface area (Å²) in [5, 5.41) is 18.2. The van der Waals surface area contributed by atoms with E-state index < -0.39 is 5.97 Å². The van der Waals surface area contributed by atoms with Crippen LogP contribution in [0, 0.1) is 0 Å². The van der Waals surface area contributed by atoms with Crippen LogP contribution in [0.3, 0.4) is 0 Å². The maximum absolute atomic E-state index is 10.9. The molecule has 1 aromatic carbocycles. The van der Waals surface area contributed by atoms with E-state index in [-0.39, 0.29) is 12.6 Å². The fourth-order valence-electron chi connectivity index (χ4n) is 2.10. The van der Waals surface area contributed by atoms with Crippen molar-refractivity contribution in [3.05, 3.63) is 35.4 Å². The molecule has 1 atom stereocenters. The zero-order chi connectivity index (χ0) is 13.0. The maximum Gasteiger partial charge on any atom is 0.335 e. The smallest absolute Gasteiger partial charge is 0.335 e. The molecule has 2 N–H and O–H groups in total. The number of morpholine rings is 1. The van der Waals surface area contributed by atoms with Crippen molar-refractivity contribution in [3.8, 4) is 0 Å². The minimum atomic E-state index is -0.919. The van der Waals surface area contributed by atoms with Crippen molar-refractivity contribution in [2.24, 2.45) is 0 Å². The predicted octanol–water partition coefficient (Wildman–Crippen LogP) is 0.578. The molecule has 0 bridgehead atoms. The molecular formula is C13H17NO4. The fourth-order valence-corrected chi connectivity index (χ4v) is 2.10. The van der Waals surface area contributed by atoms with E-state index >= 15 is 0 Å². The molecule has 1 saturated heterocycles. The number of ether oxygens (including phenoxy) is 1. The molecule has 2 rings (SSSR count). The number of carboxylic acid groups (broad SMARTS) is 1. The van der Waals surface area contributed by atoms with Gasteiger partial charge in [-0.05, 0) is 17.7 Å². The van der Waals surface area contributed by atoms with Crippen molar-refractivity contribution in [2.75, 3.05) is 26.4 Å². The minimum absolute atomic E-state index is 0.00719. The average molecular weight is 251 g/mol. The van der Waals surface area contributed by atoms with Gasteiger partial charge in [0.15, 0.2) is 0 Å². The number of benzene rings is 1. The average Bonchev–Trinajstić information content (AvgIpc) is 2.39. The predicted molar refractivity (Wildman–Crippen MR) is 65.5 cm³/mol. The van der Waals surface area contributed by atoms with Crippen LogP contribution in [0.4, 0.5) is 0 Å². The second kappa shape index (κ2) is 5.95. The van der Waals surface area contributed by atoms with E-state index in [4.69, 9.17) is 9.84 Å². The van der Waals surface area contributed by atoms with Gasteiger partial charge < -0.3 is 14.9 Å². The summed E-state index contributed by atoms with van der Waals surface area (Å²) < 4.78 is 5.31. The van der Waals surface area contributed by atoms with Gasteiger partial charge in [-0.3, -0.25) is 4.90 Å². The Morgan fingerprint density at radius 3 is 3.06 bits per heavy atom. The number of aliphatic hydroxyl groups excluding tert-OH is 1. The van der Waals surface area contributed by atoms with Gasteiger partial charge in [-0.15, -0.1) is 0 Å². The lowest BCUT2D eigenvalue weighted by Crippen LogP contribution is -2.46. The summed E-state index contributed by atoms with van der Waals surface area (Å²) >= 11 is 0. The van der Waals surface area contributed by atoms with E-state index in [9.17, 15) is 9.90 Å². The molecule has 1 aromatic rings. The Labute approximate surface area is 106 Å². The van der Waals surface area contributed by atoms with Crippen molar-refractivity contribution in [1.82, 2.24) is 4.90 Å². The first-order chi connectivity index (χ1) is 8.70. The Morgan fingerprint density at radius 1 is 1.50 bits per heavy atom. The SMILES string of the molecule is O=C(O)c1cccc(CN2CCOCC2CO)c1. The van der Waals surface area contributed by atoms with Crippen LogP contribution in [-0.4, -0.2) is 53.5 Å². The summed E-state index contributed by atoms with van der Waals surface area (Å²) in [5.74, 6) is -0.919. The molecule has 0 radical (unpaired) electrons. The number of nitrogens with zero attached hydrogens (tertiary/aromatic N) is 1. The second-order valence-corrected chi connectivity index (χ2v) is 4.39. The van der Waals surface area contributed by atoms with Gasteiger partial charge >= 0.3 is 5.97 Å². The van der Waals surface area contributed by atoms with Gasteiger partial charge in [0.2, 0.25) is 0 Å². The van der Waals surface area contributed by atoms with Crippen LogP contribution < -0.4 is 0 Å². The van der Waals surface area contributed by atoms with Crippen molar-refractivity contribution in [2.45, 2.75) is 12.6 Å². The van der Waals surface area contributed by atoms with Gasteiger partial charge in [0.25, 0.3) is 0 Å². The first-order valence-corrected chi connectivity index (χ1v) is 5.95. The molecule has 18 heavy (non-hydrogen) atoms. The molecule has 0 aliphatic carbocycles. The Balaban J connectivity index is 2.07. The molecule has 5 heteroatoms. The van der Waals surface area contributed by atoms with E-state index in [2.05, 4.69) is 4.90 Å². The standard InChI is InChI=1S/C13H17NO4/c15-8-12-9-18-5-4-14(12)7-10-2-1-3-11(6-10)13(16)17/h1-3,6,12,15H,4-5,7-9H2,(H,16,17). The monoisotopic (exact) mass is 251 g/mol. The first-order valence-electron chi connectivity index (χ1n) is 5.95. The summed E-state index contributed by atoms with van der Waals surface area (Å²) in [7, 11) is 0. The van der Waals surface area contributed by atoms with E-state index in [1.807, 2.05) is 6.07 Å². The van der Waals surface area contributed by atoms with Crippen molar-refractivity contribution in [3.63, 3.8) is 0 Å². The molecule has 1 aliphatic rings. The molecule has 1 fully saturated rings. The maximum atomic E-state index is 10.9.